The summed E-state index contributed by atoms with van der Waals surface area (Å²) in [5, 5.41) is 2.21. The van der Waals surface area contributed by atoms with Crippen molar-refractivity contribution in [3.8, 4) is 11.5 Å². The zero-order chi connectivity index (χ0) is 28.1. The third-order valence-electron chi connectivity index (χ3n) is 5.71. The average molecular weight is 551 g/mol. The van der Waals surface area contributed by atoms with Crippen LogP contribution in [0.4, 0.5) is 22.0 Å². The van der Waals surface area contributed by atoms with E-state index in [0.717, 1.165) is 12.8 Å². The van der Waals surface area contributed by atoms with Crippen LogP contribution >= 0.6 is 7.75 Å². The maximum absolute atomic E-state index is 14.4. The Morgan fingerprint density at radius 1 is 0.919 bits per heavy atom. The summed E-state index contributed by atoms with van der Waals surface area (Å²) in [4.78, 5) is 12.5. The molecule has 0 fully saturated rings. The van der Waals surface area contributed by atoms with Crippen LogP contribution in [0.3, 0.4) is 0 Å². The van der Waals surface area contributed by atoms with Gasteiger partial charge in [-0.2, -0.15) is 13.9 Å². The van der Waals surface area contributed by atoms with Crippen LogP contribution in [0.2, 0.25) is 0 Å². The molecule has 12 heteroatoms. The molecule has 0 saturated heterocycles. The molecule has 2 unspecified atom stereocenters. The Labute approximate surface area is 213 Å². The van der Waals surface area contributed by atoms with Gasteiger partial charge in [0.05, 0.1) is 6.61 Å². The quantitative estimate of drug-likeness (QED) is 0.0979. The fraction of sp³-hybridized carbons (Fsp3) is 0.480. The topological polar surface area (TPSA) is 73.9 Å². The predicted molar refractivity (Wildman–Crippen MR) is 128 cm³/mol. The Morgan fingerprint density at radius 2 is 1.46 bits per heavy atom. The molecule has 0 aliphatic heterocycles. The van der Waals surface area contributed by atoms with E-state index in [1.54, 1.807) is 32.9 Å². The van der Waals surface area contributed by atoms with Crippen LogP contribution < -0.4 is 14.1 Å². The molecule has 1 N–H and O–H groups in total. The van der Waals surface area contributed by atoms with Crippen molar-refractivity contribution in [2.45, 2.75) is 66.3 Å². The molecule has 0 aromatic heterocycles. The van der Waals surface area contributed by atoms with E-state index in [0.29, 0.717) is 11.1 Å². The summed E-state index contributed by atoms with van der Waals surface area (Å²) in [7, 11) is -5.02. The zero-order valence-electron chi connectivity index (χ0n) is 21.5. The largest absolute Gasteiger partial charge is 0.513 e. The average Bonchev–Trinajstić information content (AvgIpc) is 2.84. The maximum Gasteiger partial charge on any atom is 0.513 e. The number of carbonyl (C=O) groups is 1. The fourth-order valence-electron chi connectivity index (χ4n) is 3.32. The van der Waals surface area contributed by atoms with Crippen molar-refractivity contribution in [3.05, 3.63) is 58.4 Å². The van der Waals surface area contributed by atoms with Crippen molar-refractivity contribution < 1.29 is 45.1 Å². The zero-order valence-corrected chi connectivity index (χ0v) is 22.4. The second-order valence-electron chi connectivity index (χ2n) is 8.94. The van der Waals surface area contributed by atoms with E-state index in [1.165, 1.54) is 13.0 Å². The van der Waals surface area contributed by atoms with Crippen molar-refractivity contribution in [1.29, 1.82) is 0 Å². The lowest BCUT2D eigenvalue weighted by molar-refractivity contribution is -0.146. The number of rotatable bonds is 12. The van der Waals surface area contributed by atoms with Crippen LogP contribution in [0.25, 0.3) is 0 Å². The van der Waals surface area contributed by atoms with E-state index in [9.17, 15) is 31.3 Å². The lowest BCUT2D eigenvalue weighted by Crippen LogP contribution is -2.36. The molecule has 37 heavy (non-hydrogen) atoms. The highest BCUT2D eigenvalue weighted by atomic mass is 31.2. The molecule has 2 atom stereocenters. The van der Waals surface area contributed by atoms with Gasteiger partial charge in [-0.3, -0.25) is 4.79 Å². The van der Waals surface area contributed by atoms with E-state index in [1.807, 2.05) is 13.8 Å². The second kappa shape index (κ2) is 12.7. The minimum atomic E-state index is -5.02. The summed E-state index contributed by atoms with van der Waals surface area (Å²) in [5.74, 6) is -14.5. The summed E-state index contributed by atoms with van der Waals surface area (Å²) >= 11 is 0. The van der Waals surface area contributed by atoms with Gasteiger partial charge < -0.3 is 13.8 Å². The molecule has 0 bridgehead atoms. The molecule has 0 spiro atoms. The van der Waals surface area contributed by atoms with E-state index >= 15 is 0 Å². The van der Waals surface area contributed by atoms with Crippen LogP contribution in [0.15, 0.2) is 18.2 Å². The van der Waals surface area contributed by atoms with Gasteiger partial charge in [-0.1, -0.05) is 52.7 Å². The Hall–Kier alpha value is -2.65. The van der Waals surface area contributed by atoms with Crippen molar-refractivity contribution in [1.82, 2.24) is 5.09 Å². The number of ether oxygens (including phenoxy) is 1. The first-order valence-electron chi connectivity index (χ1n) is 11.8. The van der Waals surface area contributed by atoms with Gasteiger partial charge in [0.1, 0.15) is 11.8 Å². The summed E-state index contributed by atoms with van der Waals surface area (Å²) in [6, 6.07) is 3.45. The van der Waals surface area contributed by atoms with Crippen molar-refractivity contribution in [2.75, 3.05) is 6.61 Å². The number of benzene rings is 2. The summed E-state index contributed by atoms with van der Waals surface area (Å²) in [6.45, 7) is 10.4. The Bertz CT molecular complexity index is 1140. The van der Waals surface area contributed by atoms with Crippen molar-refractivity contribution >= 4 is 13.7 Å². The van der Waals surface area contributed by atoms with E-state index in [-0.39, 0.29) is 24.2 Å². The highest BCUT2D eigenvalue weighted by Gasteiger charge is 2.39. The monoisotopic (exact) mass is 551 g/mol. The first-order chi connectivity index (χ1) is 17.2. The van der Waals surface area contributed by atoms with Gasteiger partial charge in [-0.05, 0) is 42.9 Å². The standard InChI is InChI=1S/C25H31F5NO5P/c1-7-16(8-2)12-34-25(32)15(6)31-37(33,35-18-11-14(5)9-10-17(18)13(3)4)36-24-22(29)20(27)19(26)21(28)23(24)30/h9-11,13,15-16H,7-8,12H2,1-6H3,(H,31,33). The Morgan fingerprint density at radius 3 is 1.97 bits per heavy atom. The van der Waals surface area contributed by atoms with Crippen molar-refractivity contribution in [2.24, 2.45) is 5.92 Å². The van der Waals surface area contributed by atoms with Gasteiger partial charge in [-0.25, -0.2) is 17.7 Å². The maximum atomic E-state index is 14.4. The van der Waals surface area contributed by atoms with Gasteiger partial charge in [-0.15, -0.1) is 0 Å². The van der Waals surface area contributed by atoms with Crippen LogP contribution in [0.5, 0.6) is 11.5 Å². The fourth-order valence-corrected chi connectivity index (χ4v) is 4.86. The van der Waals surface area contributed by atoms with E-state index < -0.39 is 54.6 Å². The minimum Gasteiger partial charge on any atom is -0.464 e. The number of aryl methyl sites for hydroxylation is 1. The molecule has 0 aliphatic carbocycles. The molecular formula is C25H31F5NO5P. The third kappa shape index (κ3) is 7.45. The lowest BCUT2D eigenvalue weighted by Gasteiger charge is -2.25. The molecular weight excluding hydrogens is 520 g/mol. The third-order valence-corrected chi connectivity index (χ3v) is 7.28. The number of halogens is 5. The summed E-state index contributed by atoms with van der Waals surface area (Å²) < 4.78 is 99.3. The van der Waals surface area contributed by atoms with Gasteiger partial charge in [0.15, 0.2) is 0 Å². The molecule has 0 saturated carbocycles. The normalized spacial score (nSPS) is 14.0. The number of carbonyl (C=O) groups excluding carboxylic acids is 1. The molecule has 0 heterocycles. The van der Waals surface area contributed by atoms with Crippen LogP contribution in [-0.4, -0.2) is 18.6 Å². The molecule has 0 amide bonds. The molecule has 0 radical (unpaired) electrons. The predicted octanol–water partition coefficient (Wildman–Crippen LogP) is 7.34. The van der Waals surface area contributed by atoms with E-state index in [4.69, 9.17) is 13.8 Å². The minimum absolute atomic E-state index is 0.0349. The molecule has 2 aromatic rings. The Balaban J connectivity index is 2.50. The number of hydrogen-bond acceptors (Lipinski definition) is 5. The first kappa shape index (κ1) is 30.6. The number of hydrogen-bond donors (Lipinski definition) is 1. The molecule has 206 valence electrons. The number of nitrogens with one attached hydrogen (secondary N) is 1. The van der Waals surface area contributed by atoms with Gasteiger partial charge >= 0.3 is 13.7 Å². The Kier molecular flexibility index (Phi) is 10.5. The van der Waals surface area contributed by atoms with Crippen LogP contribution in [0.1, 0.15) is 64.5 Å². The van der Waals surface area contributed by atoms with Crippen molar-refractivity contribution in [3.63, 3.8) is 0 Å². The molecule has 0 aliphatic rings. The SMILES string of the molecule is CCC(CC)COC(=O)C(C)NP(=O)(Oc1cc(C)ccc1C(C)C)Oc1c(F)c(F)c(F)c(F)c1F. The smallest absolute Gasteiger partial charge is 0.464 e. The first-order valence-corrected chi connectivity index (χ1v) is 13.3. The van der Waals surface area contributed by atoms with Gasteiger partial charge in [0.2, 0.25) is 34.8 Å². The summed E-state index contributed by atoms with van der Waals surface area (Å²) in [5.41, 5.74) is 1.16. The van der Waals surface area contributed by atoms with Crippen LogP contribution in [0, 0.1) is 41.9 Å². The summed E-state index contributed by atoms with van der Waals surface area (Å²) in [6.07, 6.45) is 1.48. The number of esters is 1. The van der Waals surface area contributed by atoms with Gasteiger partial charge in [0, 0.05) is 0 Å². The highest BCUT2D eigenvalue weighted by molar-refractivity contribution is 7.52. The van der Waals surface area contributed by atoms with Gasteiger partial charge in [0.25, 0.3) is 0 Å². The molecule has 2 rings (SSSR count). The lowest BCUT2D eigenvalue weighted by atomic mass is 10.0. The highest BCUT2D eigenvalue weighted by Crippen LogP contribution is 2.49. The van der Waals surface area contributed by atoms with Crippen LogP contribution in [-0.2, 0) is 14.1 Å². The molecule has 6 nitrogen and oxygen atoms in total. The molecule has 2 aromatic carbocycles. The second-order valence-corrected chi connectivity index (χ2v) is 10.6. The van der Waals surface area contributed by atoms with E-state index in [2.05, 4.69) is 5.09 Å².